The smallest absolute Gasteiger partial charge is 0.410 e. The van der Waals surface area contributed by atoms with Gasteiger partial charge in [0.2, 0.25) is 0 Å². The Labute approximate surface area is 155 Å². The van der Waals surface area contributed by atoms with Crippen LogP contribution < -0.4 is 0 Å². The molecule has 2 fully saturated rings. The Morgan fingerprint density at radius 2 is 1.92 bits per heavy atom. The minimum absolute atomic E-state index is 0.0610. The molecule has 1 aliphatic carbocycles. The average molecular weight is 368 g/mol. The number of ether oxygens (including phenoxy) is 1. The van der Waals surface area contributed by atoms with Gasteiger partial charge in [-0.2, -0.15) is 0 Å². The molecule has 1 N–H and O–H groups in total. The number of hydrogen-bond acceptors (Lipinski definition) is 4. The van der Waals surface area contributed by atoms with Crippen LogP contribution in [0.15, 0.2) is 0 Å². The lowest BCUT2D eigenvalue weighted by Crippen LogP contribution is -2.53. The van der Waals surface area contributed by atoms with Gasteiger partial charge in [-0.05, 0) is 45.4 Å². The number of rotatable bonds is 7. The molecule has 1 saturated carbocycles. The molecule has 2 aliphatic rings. The van der Waals surface area contributed by atoms with E-state index in [-0.39, 0.29) is 24.3 Å². The van der Waals surface area contributed by atoms with Crippen LogP contribution in [0.3, 0.4) is 0 Å². The number of ketones is 1. The summed E-state index contributed by atoms with van der Waals surface area (Å²) in [6, 6.07) is -1.41. The van der Waals surface area contributed by atoms with Crippen molar-refractivity contribution in [1.29, 1.82) is 0 Å². The molecule has 0 aromatic rings. The molecule has 148 valence electrons. The van der Waals surface area contributed by atoms with Crippen molar-refractivity contribution in [2.75, 3.05) is 13.2 Å². The second-order valence-corrected chi connectivity index (χ2v) is 7.38. The Morgan fingerprint density at radius 1 is 1.23 bits per heavy atom. The van der Waals surface area contributed by atoms with Crippen LogP contribution in [-0.2, 0) is 9.53 Å². The van der Waals surface area contributed by atoms with E-state index in [0.29, 0.717) is 13.0 Å². The van der Waals surface area contributed by atoms with E-state index in [1.807, 2.05) is 6.92 Å². The first-order valence-corrected chi connectivity index (χ1v) is 9.90. The van der Waals surface area contributed by atoms with Crippen LogP contribution in [0.5, 0.6) is 0 Å². The largest absolute Gasteiger partial charge is 0.465 e. The molecule has 0 radical (unpaired) electrons. The number of carbonyl (C=O) groups excluding carboxylic acids is 2. The summed E-state index contributed by atoms with van der Waals surface area (Å²) in [5.41, 5.74) is 0. The van der Waals surface area contributed by atoms with E-state index >= 15 is 0 Å². The van der Waals surface area contributed by atoms with Crippen molar-refractivity contribution in [1.82, 2.24) is 9.80 Å². The van der Waals surface area contributed by atoms with Crippen LogP contribution >= 0.6 is 0 Å². The molecule has 0 bridgehead atoms. The minimum Gasteiger partial charge on any atom is -0.465 e. The van der Waals surface area contributed by atoms with Gasteiger partial charge in [-0.15, -0.1) is 0 Å². The third-order valence-electron chi connectivity index (χ3n) is 5.77. The Hall–Kier alpha value is -1.79. The lowest BCUT2D eigenvalue weighted by Gasteiger charge is -2.33. The highest BCUT2D eigenvalue weighted by molar-refractivity contribution is 5.93. The molecular weight excluding hydrogens is 336 g/mol. The number of Topliss-reactive ketones (excluding diaryl/α,β-unsaturated/α-hetero) is 1. The molecule has 1 aliphatic heterocycles. The Morgan fingerprint density at radius 3 is 2.54 bits per heavy atom. The number of amides is 2. The normalized spacial score (nSPS) is 26.1. The molecule has 4 atom stereocenters. The Bertz CT molecular complexity index is 524. The van der Waals surface area contributed by atoms with Crippen LogP contribution in [0.1, 0.15) is 65.7 Å². The average Bonchev–Trinajstić information content (AvgIpc) is 3.01. The molecule has 7 heteroatoms. The molecule has 1 saturated heterocycles. The van der Waals surface area contributed by atoms with E-state index in [2.05, 4.69) is 0 Å². The summed E-state index contributed by atoms with van der Waals surface area (Å²) in [4.78, 5) is 40.1. The van der Waals surface area contributed by atoms with Gasteiger partial charge >= 0.3 is 12.2 Å². The van der Waals surface area contributed by atoms with Crippen LogP contribution in [-0.4, -0.2) is 64.2 Å². The summed E-state index contributed by atoms with van der Waals surface area (Å²) >= 11 is 0. The zero-order chi connectivity index (χ0) is 19.3. The maximum Gasteiger partial charge on any atom is 0.410 e. The van der Waals surface area contributed by atoms with Gasteiger partial charge in [0, 0.05) is 12.6 Å². The third-order valence-corrected chi connectivity index (χ3v) is 5.77. The fourth-order valence-corrected chi connectivity index (χ4v) is 4.40. The molecule has 0 aromatic heterocycles. The second-order valence-electron chi connectivity index (χ2n) is 7.38. The summed E-state index contributed by atoms with van der Waals surface area (Å²) in [6.45, 7) is 6.13. The van der Waals surface area contributed by atoms with E-state index in [0.717, 1.165) is 38.5 Å². The van der Waals surface area contributed by atoms with Gasteiger partial charge in [-0.3, -0.25) is 14.6 Å². The number of likely N-dealkylation sites (tertiary alicyclic amines) is 1. The Kier molecular flexibility index (Phi) is 7.29. The van der Waals surface area contributed by atoms with Crippen molar-refractivity contribution < 1.29 is 24.2 Å². The summed E-state index contributed by atoms with van der Waals surface area (Å²) in [5, 5.41) is 9.70. The van der Waals surface area contributed by atoms with E-state index < -0.39 is 24.3 Å². The molecule has 1 heterocycles. The molecular formula is C19H32N2O5. The van der Waals surface area contributed by atoms with E-state index in [9.17, 15) is 19.5 Å². The van der Waals surface area contributed by atoms with Gasteiger partial charge < -0.3 is 9.84 Å². The highest BCUT2D eigenvalue weighted by atomic mass is 16.6. The van der Waals surface area contributed by atoms with E-state index in [1.54, 1.807) is 13.8 Å². The first-order valence-electron chi connectivity index (χ1n) is 9.90. The molecule has 26 heavy (non-hydrogen) atoms. The maximum absolute atomic E-state index is 13.2. The van der Waals surface area contributed by atoms with Crippen LogP contribution in [0.4, 0.5) is 9.59 Å². The SMILES string of the molecule is CCCCN(C(=O)OCC)C(C)C(=O)[C@@H]1C[C@@H]2CCCC[C@@H]2N1C(=O)O. The van der Waals surface area contributed by atoms with Crippen molar-refractivity contribution in [2.45, 2.75) is 83.8 Å². The van der Waals surface area contributed by atoms with Crippen LogP contribution in [0.25, 0.3) is 0 Å². The summed E-state index contributed by atoms with van der Waals surface area (Å²) in [7, 11) is 0. The summed E-state index contributed by atoms with van der Waals surface area (Å²) in [5.74, 6) is 0.0682. The quantitative estimate of drug-likeness (QED) is 0.743. The highest BCUT2D eigenvalue weighted by Gasteiger charge is 2.49. The standard InChI is InChI=1S/C19H32N2O5/c1-4-6-11-20(19(25)26-5-2)13(3)17(22)16-12-14-9-7-8-10-15(14)21(16)18(23)24/h13-16H,4-12H2,1-3H3,(H,23,24)/t13?,14-,15-,16-/m0/s1. The zero-order valence-corrected chi connectivity index (χ0v) is 16.1. The van der Waals surface area contributed by atoms with Gasteiger partial charge in [0.15, 0.2) is 5.78 Å². The molecule has 7 nitrogen and oxygen atoms in total. The van der Waals surface area contributed by atoms with Gasteiger partial charge in [0.05, 0.1) is 18.7 Å². The second kappa shape index (κ2) is 9.24. The monoisotopic (exact) mass is 368 g/mol. The topological polar surface area (TPSA) is 87.2 Å². The number of fused-ring (bicyclic) bond motifs is 1. The van der Waals surface area contributed by atoms with Crippen molar-refractivity contribution >= 4 is 18.0 Å². The number of hydrogen-bond donors (Lipinski definition) is 1. The summed E-state index contributed by atoms with van der Waals surface area (Å²) < 4.78 is 5.11. The predicted molar refractivity (Wildman–Crippen MR) is 97.1 cm³/mol. The minimum atomic E-state index is -1.03. The van der Waals surface area contributed by atoms with Crippen molar-refractivity contribution in [2.24, 2.45) is 5.92 Å². The molecule has 1 unspecified atom stereocenters. The van der Waals surface area contributed by atoms with Gasteiger partial charge in [-0.1, -0.05) is 26.2 Å². The fraction of sp³-hybridized carbons (Fsp3) is 0.842. The molecule has 2 rings (SSSR count). The first-order chi connectivity index (χ1) is 12.4. The van der Waals surface area contributed by atoms with Crippen LogP contribution in [0.2, 0.25) is 0 Å². The molecule has 0 aromatic carbocycles. The van der Waals surface area contributed by atoms with Gasteiger partial charge in [-0.25, -0.2) is 9.59 Å². The predicted octanol–water partition coefficient (Wildman–Crippen LogP) is 3.51. The number of nitrogens with zero attached hydrogens (tertiary/aromatic N) is 2. The highest BCUT2D eigenvalue weighted by Crippen LogP contribution is 2.40. The fourth-order valence-electron chi connectivity index (χ4n) is 4.40. The summed E-state index contributed by atoms with van der Waals surface area (Å²) in [6.07, 6.45) is 4.62. The van der Waals surface area contributed by atoms with E-state index in [4.69, 9.17) is 4.74 Å². The number of carboxylic acid groups (broad SMARTS) is 1. The zero-order valence-electron chi connectivity index (χ0n) is 16.1. The molecule has 0 spiro atoms. The van der Waals surface area contributed by atoms with Crippen molar-refractivity contribution in [3.05, 3.63) is 0 Å². The Balaban J connectivity index is 2.17. The molecule has 2 amide bonds. The van der Waals surface area contributed by atoms with Gasteiger partial charge in [0.1, 0.15) is 0 Å². The third kappa shape index (κ3) is 4.30. The number of carbonyl (C=O) groups is 3. The number of unbranched alkanes of at least 4 members (excludes halogenated alkanes) is 1. The van der Waals surface area contributed by atoms with E-state index in [1.165, 1.54) is 9.80 Å². The van der Waals surface area contributed by atoms with Crippen molar-refractivity contribution in [3.63, 3.8) is 0 Å². The maximum atomic E-state index is 13.2. The lowest BCUT2D eigenvalue weighted by atomic mass is 9.84. The van der Waals surface area contributed by atoms with Crippen LogP contribution in [0, 0.1) is 5.92 Å². The lowest BCUT2D eigenvalue weighted by molar-refractivity contribution is -0.127. The van der Waals surface area contributed by atoms with Crippen molar-refractivity contribution in [3.8, 4) is 0 Å². The van der Waals surface area contributed by atoms with Gasteiger partial charge in [0.25, 0.3) is 0 Å². The first kappa shape index (κ1) is 20.5.